The Balaban J connectivity index is 2.66. The molecule has 1 aliphatic heterocycles. The summed E-state index contributed by atoms with van der Waals surface area (Å²) in [6.07, 6.45) is 0.438. The second-order valence-corrected chi connectivity index (χ2v) is 4.21. The molecule has 0 bridgehead atoms. The van der Waals surface area contributed by atoms with E-state index in [1.807, 2.05) is 0 Å². The fraction of sp³-hybridized carbons (Fsp3) is 0.800. The number of rotatable bonds is 3. The van der Waals surface area contributed by atoms with Crippen molar-refractivity contribution in [2.75, 3.05) is 26.7 Å². The van der Waals surface area contributed by atoms with Crippen molar-refractivity contribution in [3.8, 4) is 0 Å². The Labute approximate surface area is 90.2 Å². The number of carbonyl (C=O) groups excluding carboxylic acids is 2. The van der Waals surface area contributed by atoms with Crippen molar-refractivity contribution in [1.29, 1.82) is 0 Å². The SMILES string of the molecule is CNCCC(=O)N1CCNC(=O)C1(C)C. The van der Waals surface area contributed by atoms with Crippen LogP contribution in [0.3, 0.4) is 0 Å². The van der Waals surface area contributed by atoms with Gasteiger partial charge in [-0.2, -0.15) is 0 Å². The van der Waals surface area contributed by atoms with E-state index in [-0.39, 0.29) is 11.8 Å². The fourth-order valence-corrected chi connectivity index (χ4v) is 1.70. The largest absolute Gasteiger partial charge is 0.352 e. The van der Waals surface area contributed by atoms with E-state index in [0.29, 0.717) is 26.1 Å². The van der Waals surface area contributed by atoms with E-state index in [1.54, 1.807) is 25.8 Å². The lowest BCUT2D eigenvalue weighted by Crippen LogP contribution is -2.63. The minimum Gasteiger partial charge on any atom is -0.352 e. The maximum absolute atomic E-state index is 11.8. The maximum atomic E-state index is 11.8. The van der Waals surface area contributed by atoms with Gasteiger partial charge in [-0.1, -0.05) is 0 Å². The molecule has 0 aromatic rings. The van der Waals surface area contributed by atoms with Crippen molar-refractivity contribution >= 4 is 11.8 Å². The molecule has 0 saturated carbocycles. The summed E-state index contributed by atoms with van der Waals surface area (Å²) in [5.74, 6) is -0.0456. The summed E-state index contributed by atoms with van der Waals surface area (Å²) in [7, 11) is 1.81. The molecule has 1 heterocycles. The predicted octanol–water partition coefficient (Wildman–Crippen LogP) is -0.667. The molecule has 0 aromatic heterocycles. The first-order chi connectivity index (χ1) is 7.00. The number of amides is 2. The van der Waals surface area contributed by atoms with Crippen LogP contribution in [0.15, 0.2) is 0 Å². The van der Waals surface area contributed by atoms with Crippen molar-refractivity contribution in [3.63, 3.8) is 0 Å². The molecule has 1 aliphatic rings. The molecule has 15 heavy (non-hydrogen) atoms. The number of nitrogens with one attached hydrogen (secondary N) is 2. The maximum Gasteiger partial charge on any atom is 0.245 e. The molecule has 5 heteroatoms. The third-order valence-electron chi connectivity index (χ3n) is 2.74. The van der Waals surface area contributed by atoms with E-state index >= 15 is 0 Å². The van der Waals surface area contributed by atoms with Gasteiger partial charge in [-0.25, -0.2) is 0 Å². The van der Waals surface area contributed by atoms with Crippen LogP contribution in [0.25, 0.3) is 0 Å². The highest BCUT2D eigenvalue weighted by molar-refractivity contribution is 5.91. The van der Waals surface area contributed by atoms with Crippen molar-refractivity contribution < 1.29 is 9.59 Å². The van der Waals surface area contributed by atoms with E-state index in [9.17, 15) is 9.59 Å². The van der Waals surface area contributed by atoms with Crippen LogP contribution in [-0.2, 0) is 9.59 Å². The van der Waals surface area contributed by atoms with E-state index < -0.39 is 5.54 Å². The summed E-state index contributed by atoms with van der Waals surface area (Å²) < 4.78 is 0. The number of hydrogen-bond donors (Lipinski definition) is 2. The molecule has 1 saturated heterocycles. The zero-order valence-corrected chi connectivity index (χ0v) is 9.59. The van der Waals surface area contributed by atoms with Crippen molar-refractivity contribution in [2.24, 2.45) is 0 Å². The van der Waals surface area contributed by atoms with Crippen LogP contribution in [0.5, 0.6) is 0 Å². The minimum atomic E-state index is -0.719. The number of piperazine rings is 1. The first kappa shape index (κ1) is 12.0. The smallest absolute Gasteiger partial charge is 0.245 e. The highest BCUT2D eigenvalue weighted by atomic mass is 16.2. The van der Waals surface area contributed by atoms with Crippen LogP contribution >= 0.6 is 0 Å². The molecule has 5 nitrogen and oxygen atoms in total. The van der Waals surface area contributed by atoms with Crippen LogP contribution in [0.2, 0.25) is 0 Å². The molecule has 0 aliphatic carbocycles. The quantitative estimate of drug-likeness (QED) is 0.654. The Morgan fingerprint density at radius 2 is 2.27 bits per heavy atom. The average Bonchev–Trinajstić information content (AvgIpc) is 2.18. The molecule has 2 amide bonds. The van der Waals surface area contributed by atoms with Gasteiger partial charge >= 0.3 is 0 Å². The summed E-state index contributed by atoms with van der Waals surface area (Å²) >= 11 is 0. The van der Waals surface area contributed by atoms with Gasteiger partial charge < -0.3 is 15.5 Å². The molecule has 86 valence electrons. The van der Waals surface area contributed by atoms with Crippen molar-refractivity contribution in [3.05, 3.63) is 0 Å². The van der Waals surface area contributed by atoms with E-state index in [4.69, 9.17) is 0 Å². The third-order valence-corrected chi connectivity index (χ3v) is 2.74. The van der Waals surface area contributed by atoms with Gasteiger partial charge in [0.15, 0.2) is 0 Å². The standard InChI is InChI=1S/C10H19N3O2/c1-10(2)9(15)12-6-7-13(10)8(14)4-5-11-3/h11H,4-7H2,1-3H3,(H,12,15). The number of carbonyl (C=O) groups is 2. The molecule has 0 unspecified atom stereocenters. The van der Waals surface area contributed by atoms with Crippen LogP contribution in [0.4, 0.5) is 0 Å². The lowest BCUT2D eigenvalue weighted by Gasteiger charge is -2.41. The van der Waals surface area contributed by atoms with Crippen LogP contribution in [-0.4, -0.2) is 48.9 Å². The second kappa shape index (κ2) is 4.61. The Bertz CT molecular complexity index is 263. The molecular weight excluding hydrogens is 194 g/mol. The van der Waals surface area contributed by atoms with E-state index in [1.165, 1.54) is 0 Å². The lowest BCUT2D eigenvalue weighted by molar-refractivity contribution is -0.149. The molecule has 0 radical (unpaired) electrons. The molecule has 2 N–H and O–H groups in total. The van der Waals surface area contributed by atoms with Crippen LogP contribution in [0.1, 0.15) is 20.3 Å². The lowest BCUT2D eigenvalue weighted by atomic mass is 9.98. The van der Waals surface area contributed by atoms with Gasteiger partial charge in [-0.05, 0) is 20.9 Å². The first-order valence-electron chi connectivity index (χ1n) is 5.23. The Morgan fingerprint density at radius 3 is 2.87 bits per heavy atom. The molecule has 1 fully saturated rings. The van der Waals surface area contributed by atoms with Gasteiger partial charge in [0.25, 0.3) is 0 Å². The third kappa shape index (κ3) is 2.47. The van der Waals surface area contributed by atoms with E-state index in [2.05, 4.69) is 10.6 Å². The second-order valence-electron chi connectivity index (χ2n) is 4.21. The van der Waals surface area contributed by atoms with Crippen molar-refractivity contribution in [1.82, 2.24) is 15.5 Å². The van der Waals surface area contributed by atoms with Gasteiger partial charge in [0.05, 0.1) is 0 Å². The van der Waals surface area contributed by atoms with Gasteiger partial charge in [-0.15, -0.1) is 0 Å². The van der Waals surface area contributed by atoms with Crippen LogP contribution in [0, 0.1) is 0 Å². The minimum absolute atomic E-state index is 0.0317. The number of nitrogens with zero attached hydrogens (tertiary/aromatic N) is 1. The summed E-state index contributed by atoms with van der Waals surface area (Å²) in [5, 5.41) is 5.69. The monoisotopic (exact) mass is 213 g/mol. The average molecular weight is 213 g/mol. The molecule has 0 aromatic carbocycles. The van der Waals surface area contributed by atoms with E-state index in [0.717, 1.165) is 0 Å². The highest BCUT2D eigenvalue weighted by Gasteiger charge is 2.39. The van der Waals surface area contributed by atoms with Crippen molar-refractivity contribution in [2.45, 2.75) is 25.8 Å². The molecule has 0 atom stereocenters. The highest BCUT2D eigenvalue weighted by Crippen LogP contribution is 2.18. The topological polar surface area (TPSA) is 61.4 Å². The molecule has 1 rings (SSSR count). The Kier molecular flexibility index (Phi) is 3.68. The van der Waals surface area contributed by atoms with Gasteiger partial charge in [0.1, 0.15) is 5.54 Å². The summed E-state index contributed by atoms with van der Waals surface area (Å²) in [4.78, 5) is 25.1. The Morgan fingerprint density at radius 1 is 1.60 bits per heavy atom. The number of hydrogen-bond acceptors (Lipinski definition) is 3. The Hall–Kier alpha value is -1.10. The fourth-order valence-electron chi connectivity index (χ4n) is 1.70. The zero-order chi connectivity index (χ0) is 11.5. The molecular formula is C10H19N3O2. The van der Waals surface area contributed by atoms with Crippen LogP contribution < -0.4 is 10.6 Å². The summed E-state index contributed by atoms with van der Waals surface area (Å²) in [5.41, 5.74) is -0.719. The van der Waals surface area contributed by atoms with Gasteiger partial charge in [0.2, 0.25) is 11.8 Å². The predicted molar refractivity (Wildman–Crippen MR) is 57.3 cm³/mol. The van der Waals surface area contributed by atoms with Gasteiger partial charge in [-0.3, -0.25) is 9.59 Å². The summed E-state index contributed by atoms with van der Waals surface area (Å²) in [6, 6.07) is 0. The molecule has 0 spiro atoms. The van der Waals surface area contributed by atoms with Gasteiger partial charge in [0, 0.05) is 26.1 Å². The summed E-state index contributed by atoms with van der Waals surface area (Å²) in [6.45, 7) is 5.35. The first-order valence-corrected chi connectivity index (χ1v) is 5.23. The normalized spacial score (nSPS) is 19.9. The zero-order valence-electron chi connectivity index (χ0n) is 9.59.